The lowest BCUT2D eigenvalue weighted by Crippen LogP contribution is -1.97. The van der Waals surface area contributed by atoms with E-state index >= 15 is 0 Å². The topological polar surface area (TPSA) is 17.1 Å². The Labute approximate surface area is 107 Å². The molecule has 0 rings (SSSR count). The van der Waals surface area contributed by atoms with Crippen molar-refractivity contribution in [1.29, 1.82) is 0 Å². The molecule has 0 heterocycles. The summed E-state index contributed by atoms with van der Waals surface area (Å²) in [4.78, 5) is 10.8. The van der Waals surface area contributed by atoms with E-state index in [1.54, 1.807) is 18.6 Å². The lowest BCUT2D eigenvalue weighted by Gasteiger charge is -2.11. The van der Waals surface area contributed by atoms with Gasteiger partial charge >= 0.3 is 0 Å². The van der Waals surface area contributed by atoms with Gasteiger partial charge in [0, 0.05) is 0 Å². The largest absolute Gasteiger partial charge is 0.295 e. The second-order valence-electron chi connectivity index (χ2n) is 4.67. The quantitative estimate of drug-likeness (QED) is 0.403. The molecule has 0 saturated carbocycles. The molecule has 1 heteroatoms. The maximum atomic E-state index is 10.8. The van der Waals surface area contributed by atoms with Crippen LogP contribution in [0.1, 0.15) is 66.2 Å². The van der Waals surface area contributed by atoms with Gasteiger partial charge in [-0.1, -0.05) is 44.9 Å². The third-order valence-corrected chi connectivity index (χ3v) is 3.32. The highest BCUT2D eigenvalue weighted by molar-refractivity contribution is 5.87. The number of hydrogen-bond acceptors (Lipinski definition) is 1. The van der Waals surface area contributed by atoms with Gasteiger partial charge in [0.1, 0.15) is 0 Å². The summed E-state index contributed by atoms with van der Waals surface area (Å²) in [6.45, 7) is 8.29. The Morgan fingerprint density at radius 2 is 1.82 bits per heavy atom. The third-order valence-electron chi connectivity index (χ3n) is 3.32. The Morgan fingerprint density at radius 3 is 2.29 bits per heavy atom. The zero-order chi connectivity index (χ0) is 13.1. The lowest BCUT2D eigenvalue weighted by atomic mass is 9.95. The second kappa shape index (κ2) is 10.3. The van der Waals surface area contributed by atoms with Crippen LogP contribution in [-0.2, 0) is 4.79 Å². The summed E-state index contributed by atoms with van der Waals surface area (Å²) < 4.78 is 0. The van der Waals surface area contributed by atoms with Crippen LogP contribution in [-0.4, -0.2) is 5.78 Å². The monoisotopic (exact) mass is 236 g/mol. The highest BCUT2D eigenvalue weighted by Crippen LogP contribution is 2.18. The maximum absolute atomic E-state index is 10.8. The van der Waals surface area contributed by atoms with Gasteiger partial charge < -0.3 is 0 Å². The number of rotatable bonds is 9. The Hall–Kier alpha value is -0.850. The molecule has 0 aliphatic carbocycles. The van der Waals surface area contributed by atoms with Crippen LogP contribution >= 0.6 is 0 Å². The summed E-state index contributed by atoms with van der Waals surface area (Å²) in [6, 6.07) is 0. The molecule has 0 aromatic rings. The molecule has 0 radical (unpaired) electrons. The molecule has 1 unspecified atom stereocenters. The number of carbonyl (C=O) groups excluding carboxylic acids is 1. The molecular weight excluding hydrogens is 208 g/mol. The summed E-state index contributed by atoms with van der Waals surface area (Å²) in [7, 11) is 0. The van der Waals surface area contributed by atoms with E-state index in [0.717, 1.165) is 12.3 Å². The van der Waals surface area contributed by atoms with Crippen molar-refractivity contribution >= 4 is 5.78 Å². The minimum absolute atomic E-state index is 0.152. The molecule has 0 N–H and O–H groups in total. The standard InChI is InChI=1S/C16H28O/c1-5-15(6-2)11-9-13-16(7-3)12-8-10-14(4)17/h8,10-11,16H,5-7,9,12-13H2,1-4H3. The number of ketones is 1. The Balaban J connectivity index is 3.97. The van der Waals surface area contributed by atoms with Crippen LogP contribution in [0.5, 0.6) is 0 Å². The summed E-state index contributed by atoms with van der Waals surface area (Å²) in [5.41, 5.74) is 1.57. The van der Waals surface area contributed by atoms with Crippen molar-refractivity contribution in [2.24, 2.45) is 5.92 Å². The van der Waals surface area contributed by atoms with Gasteiger partial charge in [-0.3, -0.25) is 4.79 Å². The van der Waals surface area contributed by atoms with Gasteiger partial charge in [0.05, 0.1) is 0 Å². The van der Waals surface area contributed by atoms with Crippen molar-refractivity contribution in [3.63, 3.8) is 0 Å². The van der Waals surface area contributed by atoms with E-state index in [9.17, 15) is 4.79 Å². The summed E-state index contributed by atoms with van der Waals surface area (Å²) in [5.74, 6) is 0.871. The minimum atomic E-state index is 0.152. The smallest absolute Gasteiger partial charge is 0.152 e. The zero-order valence-corrected chi connectivity index (χ0v) is 12.0. The van der Waals surface area contributed by atoms with E-state index in [0.29, 0.717) is 0 Å². The molecule has 17 heavy (non-hydrogen) atoms. The molecule has 0 aliphatic heterocycles. The molecule has 1 atom stereocenters. The van der Waals surface area contributed by atoms with Crippen molar-refractivity contribution in [2.45, 2.75) is 66.2 Å². The number of carbonyl (C=O) groups is 1. The first-order chi connectivity index (χ1) is 8.13. The Kier molecular flexibility index (Phi) is 9.80. The zero-order valence-electron chi connectivity index (χ0n) is 12.0. The molecule has 0 aromatic carbocycles. The molecule has 0 amide bonds. The van der Waals surface area contributed by atoms with Crippen LogP contribution in [0.2, 0.25) is 0 Å². The van der Waals surface area contributed by atoms with Crippen LogP contribution in [0, 0.1) is 5.92 Å². The van der Waals surface area contributed by atoms with E-state index in [2.05, 4.69) is 26.8 Å². The lowest BCUT2D eigenvalue weighted by molar-refractivity contribution is -0.112. The molecule has 1 nitrogen and oxygen atoms in total. The fraction of sp³-hybridized carbons (Fsp3) is 0.688. The van der Waals surface area contributed by atoms with Gasteiger partial charge in [0.25, 0.3) is 0 Å². The average molecular weight is 236 g/mol. The van der Waals surface area contributed by atoms with Gasteiger partial charge in [-0.05, 0) is 51.0 Å². The van der Waals surface area contributed by atoms with E-state index in [4.69, 9.17) is 0 Å². The van der Waals surface area contributed by atoms with E-state index in [1.807, 2.05) is 6.08 Å². The SMILES string of the molecule is CCC(=CCCC(CC)CC=CC(C)=O)CC. The van der Waals surface area contributed by atoms with Crippen LogP contribution in [0.4, 0.5) is 0 Å². The summed E-state index contributed by atoms with van der Waals surface area (Å²) in [6.07, 6.45) is 13.1. The van der Waals surface area contributed by atoms with Crippen molar-refractivity contribution in [2.75, 3.05) is 0 Å². The fourth-order valence-corrected chi connectivity index (χ4v) is 1.98. The van der Waals surface area contributed by atoms with Crippen molar-refractivity contribution < 1.29 is 4.79 Å². The molecule has 0 fully saturated rings. The highest BCUT2D eigenvalue weighted by atomic mass is 16.1. The number of hydrogen-bond donors (Lipinski definition) is 0. The first kappa shape index (κ1) is 16.1. The Morgan fingerprint density at radius 1 is 1.18 bits per heavy atom. The van der Waals surface area contributed by atoms with Gasteiger partial charge in [-0.25, -0.2) is 0 Å². The molecule has 98 valence electrons. The fourth-order valence-electron chi connectivity index (χ4n) is 1.98. The van der Waals surface area contributed by atoms with Gasteiger partial charge in [0.15, 0.2) is 5.78 Å². The van der Waals surface area contributed by atoms with Crippen LogP contribution in [0.25, 0.3) is 0 Å². The van der Waals surface area contributed by atoms with Gasteiger partial charge in [0.2, 0.25) is 0 Å². The van der Waals surface area contributed by atoms with Crippen molar-refractivity contribution in [3.8, 4) is 0 Å². The summed E-state index contributed by atoms with van der Waals surface area (Å²) >= 11 is 0. The first-order valence-corrected chi connectivity index (χ1v) is 6.98. The van der Waals surface area contributed by atoms with Crippen molar-refractivity contribution in [1.82, 2.24) is 0 Å². The average Bonchev–Trinajstić information content (AvgIpc) is 2.32. The predicted molar refractivity (Wildman–Crippen MR) is 76.1 cm³/mol. The van der Waals surface area contributed by atoms with Crippen LogP contribution in [0.3, 0.4) is 0 Å². The van der Waals surface area contributed by atoms with E-state index in [1.165, 1.54) is 32.1 Å². The van der Waals surface area contributed by atoms with E-state index in [-0.39, 0.29) is 5.78 Å². The molecular formula is C16H28O. The van der Waals surface area contributed by atoms with Crippen LogP contribution in [0.15, 0.2) is 23.8 Å². The third kappa shape index (κ3) is 8.91. The molecule has 0 aliphatic rings. The summed E-state index contributed by atoms with van der Waals surface area (Å²) in [5, 5.41) is 0. The minimum Gasteiger partial charge on any atom is -0.295 e. The highest BCUT2D eigenvalue weighted by Gasteiger charge is 2.03. The maximum Gasteiger partial charge on any atom is 0.152 e. The van der Waals surface area contributed by atoms with Gasteiger partial charge in [-0.2, -0.15) is 0 Å². The molecule has 0 spiro atoms. The second-order valence-corrected chi connectivity index (χ2v) is 4.67. The molecule has 0 aromatic heterocycles. The molecule has 0 bridgehead atoms. The van der Waals surface area contributed by atoms with Gasteiger partial charge in [-0.15, -0.1) is 0 Å². The van der Waals surface area contributed by atoms with E-state index < -0.39 is 0 Å². The molecule has 0 saturated heterocycles. The first-order valence-electron chi connectivity index (χ1n) is 6.98. The van der Waals surface area contributed by atoms with Crippen LogP contribution < -0.4 is 0 Å². The predicted octanol–water partition coefficient (Wildman–Crippen LogP) is 5.07. The normalized spacial score (nSPS) is 12.7. The number of allylic oxidation sites excluding steroid dienone is 4. The Bertz CT molecular complexity index is 255. The van der Waals surface area contributed by atoms with Crippen molar-refractivity contribution in [3.05, 3.63) is 23.8 Å².